The van der Waals surface area contributed by atoms with Gasteiger partial charge in [0.15, 0.2) is 0 Å². The molecule has 0 saturated carbocycles. The Balaban J connectivity index is 2.03. The van der Waals surface area contributed by atoms with Crippen LogP contribution in [0.5, 0.6) is 0 Å². The number of rotatable bonds is 2. The Bertz CT molecular complexity index is 602. The summed E-state index contributed by atoms with van der Waals surface area (Å²) in [4.78, 5) is 11.8. The highest BCUT2D eigenvalue weighted by molar-refractivity contribution is 14.1. The van der Waals surface area contributed by atoms with Gasteiger partial charge < -0.3 is 10.6 Å². The van der Waals surface area contributed by atoms with Crippen LogP contribution in [0.25, 0.3) is 0 Å². The van der Waals surface area contributed by atoms with Gasteiger partial charge in [0.25, 0.3) is 0 Å². The van der Waals surface area contributed by atoms with Crippen LogP contribution in [0.15, 0.2) is 42.5 Å². The summed E-state index contributed by atoms with van der Waals surface area (Å²) in [6.07, 6.45) is 0. The lowest BCUT2D eigenvalue weighted by Gasteiger charge is -2.09. The van der Waals surface area contributed by atoms with Gasteiger partial charge >= 0.3 is 6.03 Å². The molecule has 0 aromatic heterocycles. The van der Waals surface area contributed by atoms with Crippen LogP contribution in [0.4, 0.5) is 16.2 Å². The van der Waals surface area contributed by atoms with Gasteiger partial charge in [-0.2, -0.15) is 0 Å². The molecule has 2 N–H and O–H groups in total. The van der Waals surface area contributed by atoms with E-state index in [1.54, 1.807) is 18.2 Å². The third-order valence-corrected chi connectivity index (χ3v) is 3.55. The molecule has 0 spiro atoms. The molecule has 2 amide bonds. The molecule has 19 heavy (non-hydrogen) atoms. The maximum atomic E-state index is 11.8. The van der Waals surface area contributed by atoms with Crippen molar-refractivity contribution in [2.75, 3.05) is 10.6 Å². The maximum absolute atomic E-state index is 11.8. The second-order valence-corrected chi connectivity index (χ2v) is 5.80. The first-order valence-electron chi connectivity index (χ1n) is 5.33. The first-order valence-corrected chi connectivity index (χ1v) is 7.17. The Morgan fingerprint density at radius 1 is 1.00 bits per heavy atom. The zero-order chi connectivity index (χ0) is 13.8. The van der Waals surface area contributed by atoms with Gasteiger partial charge in [-0.3, -0.25) is 0 Å². The third kappa shape index (κ3) is 4.26. The number of halogens is 3. The molecule has 0 heterocycles. The SMILES string of the molecule is O=C(Nc1ccc(I)cc1)Nc1ccc(Cl)cc1Cl. The van der Waals surface area contributed by atoms with Gasteiger partial charge in [-0.15, -0.1) is 0 Å². The molecule has 0 aliphatic carbocycles. The normalized spacial score (nSPS) is 10.1. The van der Waals surface area contributed by atoms with Crippen LogP contribution in [0.2, 0.25) is 10.0 Å². The molecular formula is C13H9Cl2IN2O. The summed E-state index contributed by atoms with van der Waals surface area (Å²) >= 11 is 14.0. The van der Waals surface area contributed by atoms with Crippen LogP contribution in [0, 0.1) is 3.57 Å². The van der Waals surface area contributed by atoms with Crippen molar-refractivity contribution in [3.63, 3.8) is 0 Å². The monoisotopic (exact) mass is 406 g/mol. The van der Waals surface area contributed by atoms with Gasteiger partial charge in [0, 0.05) is 14.3 Å². The summed E-state index contributed by atoms with van der Waals surface area (Å²) in [7, 11) is 0. The molecule has 2 rings (SSSR count). The number of hydrogen-bond donors (Lipinski definition) is 2. The minimum atomic E-state index is -0.356. The number of carbonyl (C=O) groups excluding carboxylic acids is 1. The summed E-state index contributed by atoms with van der Waals surface area (Å²) in [5.41, 5.74) is 1.22. The van der Waals surface area contributed by atoms with Crippen molar-refractivity contribution in [3.8, 4) is 0 Å². The topological polar surface area (TPSA) is 41.1 Å². The van der Waals surface area contributed by atoms with Crippen LogP contribution >= 0.6 is 45.8 Å². The zero-order valence-electron chi connectivity index (χ0n) is 9.58. The molecule has 0 radical (unpaired) electrons. The summed E-state index contributed by atoms with van der Waals surface area (Å²) in [5.74, 6) is 0. The lowest BCUT2D eigenvalue weighted by atomic mass is 10.3. The number of anilines is 2. The van der Waals surface area contributed by atoms with Gasteiger partial charge in [0.2, 0.25) is 0 Å². The minimum Gasteiger partial charge on any atom is -0.308 e. The molecule has 6 heteroatoms. The number of carbonyl (C=O) groups is 1. The average Bonchev–Trinajstić information content (AvgIpc) is 2.36. The highest BCUT2D eigenvalue weighted by atomic mass is 127. The number of nitrogens with one attached hydrogen (secondary N) is 2. The van der Waals surface area contributed by atoms with Crippen molar-refractivity contribution in [3.05, 3.63) is 56.1 Å². The van der Waals surface area contributed by atoms with Crippen molar-refractivity contribution in [1.82, 2.24) is 0 Å². The molecule has 0 bridgehead atoms. The fourth-order valence-corrected chi connectivity index (χ4v) is 2.22. The lowest BCUT2D eigenvalue weighted by Crippen LogP contribution is -2.19. The predicted molar refractivity (Wildman–Crippen MR) is 88.3 cm³/mol. The van der Waals surface area contributed by atoms with Crippen LogP contribution in [0.3, 0.4) is 0 Å². The standard InChI is InChI=1S/C13H9Cl2IN2O/c14-8-1-6-12(11(15)7-8)18-13(19)17-10-4-2-9(16)3-5-10/h1-7H,(H2,17,18,19). The number of amides is 2. The third-order valence-electron chi connectivity index (χ3n) is 2.28. The second kappa shape index (κ2) is 6.45. The van der Waals surface area contributed by atoms with E-state index in [1.165, 1.54) is 0 Å². The number of hydrogen-bond acceptors (Lipinski definition) is 1. The highest BCUT2D eigenvalue weighted by Gasteiger charge is 2.06. The van der Waals surface area contributed by atoms with Crippen molar-refractivity contribution < 1.29 is 4.79 Å². The highest BCUT2D eigenvalue weighted by Crippen LogP contribution is 2.25. The maximum Gasteiger partial charge on any atom is 0.323 e. The van der Waals surface area contributed by atoms with E-state index in [9.17, 15) is 4.79 Å². The average molecular weight is 407 g/mol. The van der Waals surface area contributed by atoms with Crippen molar-refractivity contribution in [2.45, 2.75) is 0 Å². The Labute approximate surface area is 134 Å². The fourth-order valence-electron chi connectivity index (χ4n) is 1.41. The Hall–Kier alpha value is -0.980. The molecule has 0 saturated heterocycles. The Morgan fingerprint density at radius 3 is 2.32 bits per heavy atom. The fraction of sp³-hybridized carbons (Fsp3) is 0. The second-order valence-electron chi connectivity index (χ2n) is 3.71. The van der Waals surface area contributed by atoms with E-state index in [4.69, 9.17) is 23.2 Å². The Morgan fingerprint density at radius 2 is 1.68 bits per heavy atom. The van der Waals surface area contributed by atoms with Gasteiger partial charge in [-0.25, -0.2) is 4.79 Å². The van der Waals surface area contributed by atoms with Crippen molar-refractivity contribution in [1.29, 1.82) is 0 Å². The van der Waals surface area contributed by atoms with E-state index < -0.39 is 0 Å². The van der Waals surface area contributed by atoms with E-state index in [1.807, 2.05) is 24.3 Å². The number of benzene rings is 2. The molecule has 0 aliphatic rings. The molecular weight excluding hydrogens is 398 g/mol. The smallest absolute Gasteiger partial charge is 0.308 e. The molecule has 98 valence electrons. The summed E-state index contributed by atoms with van der Waals surface area (Å²) < 4.78 is 1.10. The van der Waals surface area contributed by atoms with Crippen molar-refractivity contribution in [2.24, 2.45) is 0 Å². The van der Waals surface area contributed by atoms with Gasteiger partial charge in [-0.1, -0.05) is 23.2 Å². The zero-order valence-corrected chi connectivity index (χ0v) is 13.3. The molecule has 0 atom stereocenters. The van der Waals surface area contributed by atoms with Crippen LogP contribution in [-0.2, 0) is 0 Å². The molecule has 0 unspecified atom stereocenters. The molecule has 3 nitrogen and oxygen atoms in total. The van der Waals surface area contributed by atoms with Crippen LogP contribution < -0.4 is 10.6 Å². The summed E-state index contributed by atoms with van der Waals surface area (Å²) in [6, 6.07) is 12.0. The first-order chi connectivity index (χ1) is 9.04. The van der Waals surface area contributed by atoms with E-state index in [0.29, 0.717) is 21.4 Å². The van der Waals surface area contributed by atoms with Gasteiger partial charge in [0.05, 0.1) is 10.7 Å². The van der Waals surface area contributed by atoms with Crippen LogP contribution in [-0.4, -0.2) is 6.03 Å². The van der Waals surface area contributed by atoms with E-state index in [0.717, 1.165) is 3.57 Å². The van der Waals surface area contributed by atoms with Gasteiger partial charge in [-0.05, 0) is 65.1 Å². The largest absolute Gasteiger partial charge is 0.323 e. The summed E-state index contributed by atoms with van der Waals surface area (Å²) in [5, 5.41) is 6.29. The molecule has 0 aliphatic heterocycles. The quantitative estimate of drug-likeness (QED) is 0.657. The molecule has 2 aromatic carbocycles. The molecule has 2 aromatic rings. The minimum absolute atomic E-state index is 0.356. The molecule has 0 fully saturated rings. The van der Waals surface area contributed by atoms with E-state index in [2.05, 4.69) is 33.2 Å². The van der Waals surface area contributed by atoms with Crippen LogP contribution in [0.1, 0.15) is 0 Å². The summed E-state index contributed by atoms with van der Waals surface area (Å²) in [6.45, 7) is 0. The van der Waals surface area contributed by atoms with Crippen molar-refractivity contribution >= 4 is 63.2 Å². The predicted octanol–water partition coefficient (Wildman–Crippen LogP) is 5.24. The van der Waals surface area contributed by atoms with E-state index >= 15 is 0 Å². The Kier molecular flexibility index (Phi) is 4.90. The van der Waals surface area contributed by atoms with E-state index in [-0.39, 0.29) is 6.03 Å². The number of urea groups is 1. The van der Waals surface area contributed by atoms with Gasteiger partial charge in [0.1, 0.15) is 0 Å². The lowest BCUT2D eigenvalue weighted by molar-refractivity contribution is 0.262. The first kappa shape index (κ1) is 14.4.